The van der Waals surface area contributed by atoms with E-state index in [0.717, 1.165) is 35.5 Å². The van der Waals surface area contributed by atoms with Crippen LogP contribution in [0, 0.1) is 5.41 Å². The van der Waals surface area contributed by atoms with Crippen LogP contribution in [-0.4, -0.2) is 17.8 Å². The molecule has 4 rings (SSSR count). The molecule has 1 aliphatic carbocycles. The molecule has 0 radical (unpaired) electrons. The lowest BCUT2D eigenvalue weighted by atomic mass is 9.73. The van der Waals surface area contributed by atoms with Crippen LogP contribution in [0.1, 0.15) is 65.5 Å². The number of carbonyl (C=O) groups is 2. The Balaban J connectivity index is 1.99. The second-order valence-electron chi connectivity index (χ2n) is 9.64. The number of anilines is 2. The number of para-hydroxylation sites is 3. The number of carbonyl (C=O) groups excluding carboxylic acids is 2. The van der Waals surface area contributed by atoms with Gasteiger partial charge in [0.2, 0.25) is 5.91 Å². The van der Waals surface area contributed by atoms with Crippen LogP contribution in [0.15, 0.2) is 59.8 Å². The van der Waals surface area contributed by atoms with Gasteiger partial charge in [-0.1, -0.05) is 51.1 Å². The van der Waals surface area contributed by atoms with Gasteiger partial charge in [-0.3, -0.25) is 14.5 Å². The van der Waals surface area contributed by atoms with Crippen molar-refractivity contribution in [2.75, 3.05) is 10.2 Å². The molecule has 0 unspecified atom stereocenters. The highest BCUT2D eigenvalue weighted by atomic mass is 16.5. The number of allylic oxidation sites excluding steroid dienone is 1. The molecule has 2 aromatic carbocycles. The molecule has 5 heteroatoms. The second kappa shape index (κ2) is 8.45. The average molecular weight is 433 g/mol. The van der Waals surface area contributed by atoms with E-state index in [2.05, 4.69) is 26.1 Å². The quantitative estimate of drug-likeness (QED) is 0.641. The molecule has 0 spiro atoms. The summed E-state index contributed by atoms with van der Waals surface area (Å²) in [7, 11) is 0. The Kier molecular flexibility index (Phi) is 5.85. The molecule has 0 bridgehead atoms. The number of ketones is 1. The van der Waals surface area contributed by atoms with Crippen LogP contribution >= 0.6 is 0 Å². The number of rotatable bonds is 4. The maximum atomic E-state index is 13.6. The number of nitrogens with zero attached hydrogens (tertiary/aromatic N) is 1. The van der Waals surface area contributed by atoms with E-state index >= 15 is 0 Å². The largest absolute Gasteiger partial charge is 0.490 e. The molecule has 5 nitrogen and oxygen atoms in total. The molecule has 2 aliphatic rings. The summed E-state index contributed by atoms with van der Waals surface area (Å²) in [5, 5.41) is 3.53. The lowest BCUT2D eigenvalue weighted by Crippen LogP contribution is -2.38. The summed E-state index contributed by atoms with van der Waals surface area (Å²) in [5.41, 5.74) is 3.84. The van der Waals surface area contributed by atoms with Gasteiger partial charge in [0.05, 0.1) is 23.5 Å². The number of hydrogen-bond donors (Lipinski definition) is 1. The van der Waals surface area contributed by atoms with Crippen molar-refractivity contribution in [2.45, 2.75) is 66.0 Å². The standard InChI is InChI=1S/C27H32N2O3/c1-6-17(2)32-24-14-10-7-11-19(24)26-25-21(15-27(4,5)16-23(25)31)28-20-12-8-9-13-22(20)29(26)18(3)30/h7-14,17,26,28H,6,15-16H2,1-5H3/t17-,26-/m1/s1. The van der Waals surface area contributed by atoms with Gasteiger partial charge in [0.1, 0.15) is 5.75 Å². The normalized spacial score (nSPS) is 20.6. The van der Waals surface area contributed by atoms with E-state index in [-0.39, 0.29) is 23.2 Å². The first-order valence-corrected chi connectivity index (χ1v) is 11.4. The third kappa shape index (κ3) is 4.04. The van der Waals surface area contributed by atoms with E-state index in [4.69, 9.17) is 4.74 Å². The highest BCUT2D eigenvalue weighted by molar-refractivity contribution is 6.06. The average Bonchev–Trinajstić information content (AvgIpc) is 2.87. The number of nitrogens with one attached hydrogen (secondary N) is 1. The topological polar surface area (TPSA) is 58.6 Å². The summed E-state index contributed by atoms with van der Waals surface area (Å²) in [6, 6.07) is 15.0. The van der Waals surface area contributed by atoms with E-state index < -0.39 is 6.04 Å². The molecule has 0 saturated carbocycles. The van der Waals surface area contributed by atoms with E-state index in [1.54, 1.807) is 11.8 Å². The van der Waals surface area contributed by atoms with Crippen molar-refractivity contribution >= 4 is 23.1 Å². The molecule has 2 atom stereocenters. The van der Waals surface area contributed by atoms with Crippen LogP contribution in [0.3, 0.4) is 0 Å². The fraction of sp³-hybridized carbons (Fsp3) is 0.407. The number of Topliss-reactive ketones (excluding diaryl/α,β-unsaturated/α-hetero) is 1. The van der Waals surface area contributed by atoms with Crippen molar-refractivity contribution < 1.29 is 14.3 Å². The van der Waals surface area contributed by atoms with Crippen molar-refractivity contribution in [1.29, 1.82) is 0 Å². The molecule has 1 amide bonds. The number of fused-ring (bicyclic) bond motifs is 1. The zero-order chi connectivity index (χ0) is 23.0. The van der Waals surface area contributed by atoms with Gasteiger partial charge in [-0.15, -0.1) is 0 Å². The van der Waals surface area contributed by atoms with Crippen molar-refractivity contribution in [3.05, 3.63) is 65.4 Å². The van der Waals surface area contributed by atoms with Crippen LogP contribution < -0.4 is 15.0 Å². The zero-order valence-electron chi connectivity index (χ0n) is 19.6. The summed E-state index contributed by atoms with van der Waals surface area (Å²) in [6.45, 7) is 9.90. The van der Waals surface area contributed by atoms with E-state index in [0.29, 0.717) is 17.7 Å². The summed E-state index contributed by atoms with van der Waals surface area (Å²) < 4.78 is 6.27. The number of hydrogen-bond acceptors (Lipinski definition) is 4. The first kappa shape index (κ1) is 22.1. The van der Waals surface area contributed by atoms with E-state index in [1.165, 1.54) is 0 Å². The lowest BCUT2D eigenvalue weighted by molar-refractivity contribution is -0.118. The van der Waals surface area contributed by atoms with Gasteiger partial charge in [0, 0.05) is 30.2 Å². The Morgan fingerprint density at radius 3 is 2.56 bits per heavy atom. The lowest BCUT2D eigenvalue weighted by Gasteiger charge is -2.37. The molecular formula is C27H32N2O3. The number of amides is 1. The Labute approximate surface area is 190 Å². The van der Waals surface area contributed by atoms with Gasteiger partial charge in [-0.05, 0) is 43.4 Å². The fourth-order valence-corrected chi connectivity index (χ4v) is 4.74. The molecule has 32 heavy (non-hydrogen) atoms. The van der Waals surface area contributed by atoms with Crippen molar-refractivity contribution in [3.63, 3.8) is 0 Å². The Morgan fingerprint density at radius 1 is 1.16 bits per heavy atom. The molecule has 0 fully saturated rings. The minimum absolute atomic E-state index is 0.0209. The molecule has 1 N–H and O–H groups in total. The van der Waals surface area contributed by atoms with Crippen LogP contribution in [-0.2, 0) is 9.59 Å². The zero-order valence-corrected chi connectivity index (χ0v) is 19.6. The van der Waals surface area contributed by atoms with E-state index in [9.17, 15) is 9.59 Å². The molecule has 2 aromatic rings. The summed E-state index contributed by atoms with van der Waals surface area (Å²) in [4.78, 5) is 28.5. The molecule has 168 valence electrons. The van der Waals surface area contributed by atoms with Gasteiger partial charge in [-0.25, -0.2) is 0 Å². The Hall–Kier alpha value is -3.08. The molecule has 0 aromatic heterocycles. The second-order valence-corrected chi connectivity index (χ2v) is 9.64. The van der Waals surface area contributed by atoms with Gasteiger partial charge in [-0.2, -0.15) is 0 Å². The monoisotopic (exact) mass is 432 g/mol. The molecule has 1 heterocycles. The minimum Gasteiger partial charge on any atom is -0.490 e. The van der Waals surface area contributed by atoms with Crippen molar-refractivity contribution in [3.8, 4) is 5.75 Å². The molecule has 0 saturated heterocycles. The third-order valence-corrected chi connectivity index (χ3v) is 6.36. The van der Waals surface area contributed by atoms with Crippen LogP contribution in [0.2, 0.25) is 0 Å². The van der Waals surface area contributed by atoms with Gasteiger partial charge >= 0.3 is 0 Å². The first-order chi connectivity index (χ1) is 15.2. The van der Waals surface area contributed by atoms with Crippen LogP contribution in [0.25, 0.3) is 0 Å². The van der Waals surface area contributed by atoms with Crippen LogP contribution in [0.4, 0.5) is 11.4 Å². The van der Waals surface area contributed by atoms with Crippen molar-refractivity contribution in [1.82, 2.24) is 0 Å². The molecular weight excluding hydrogens is 400 g/mol. The van der Waals surface area contributed by atoms with Gasteiger partial charge in [0.15, 0.2) is 5.78 Å². The maximum Gasteiger partial charge on any atom is 0.224 e. The maximum absolute atomic E-state index is 13.6. The predicted molar refractivity (Wildman–Crippen MR) is 128 cm³/mol. The fourth-order valence-electron chi connectivity index (χ4n) is 4.74. The molecule has 1 aliphatic heterocycles. The Bertz CT molecular complexity index is 1090. The number of benzene rings is 2. The van der Waals surface area contributed by atoms with Gasteiger partial charge < -0.3 is 10.1 Å². The first-order valence-electron chi connectivity index (χ1n) is 11.4. The summed E-state index contributed by atoms with van der Waals surface area (Å²) in [6.07, 6.45) is 2.06. The third-order valence-electron chi connectivity index (χ3n) is 6.36. The minimum atomic E-state index is -0.553. The summed E-state index contributed by atoms with van der Waals surface area (Å²) in [5.74, 6) is 0.669. The van der Waals surface area contributed by atoms with Gasteiger partial charge in [0.25, 0.3) is 0 Å². The van der Waals surface area contributed by atoms with Crippen LogP contribution in [0.5, 0.6) is 5.75 Å². The smallest absolute Gasteiger partial charge is 0.224 e. The Morgan fingerprint density at radius 2 is 1.84 bits per heavy atom. The highest BCUT2D eigenvalue weighted by Crippen LogP contribution is 2.49. The number of ether oxygens (including phenoxy) is 1. The SMILES string of the molecule is CC[C@@H](C)Oc1ccccc1[C@@H]1C2=C(CC(C)(C)CC2=O)Nc2ccccc2N1C(C)=O. The van der Waals surface area contributed by atoms with E-state index in [1.807, 2.05) is 55.5 Å². The van der Waals surface area contributed by atoms with Crippen molar-refractivity contribution in [2.24, 2.45) is 5.41 Å². The summed E-state index contributed by atoms with van der Waals surface area (Å²) >= 11 is 0. The predicted octanol–water partition coefficient (Wildman–Crippen LogP) is 6.03. The highest BCUT2D eigenvalue weighted by Gasteiger charge is 2.43.